The van der Waals surface area contributed by atoms with Crippen LogP contribution in [0, 0.1) is 3.57 Å². The molecule has 1 aromatic carbocycles. The number of anilines is 1. The average Bonchev–Trinajstić information content (AvgIpc) is 3.13. The van der Waals surface area contributed by atoms with E-state index in [0.717, 1.165) is 8.70 Å². The highest BCUT2D eigenvalue weighted by Crippen LogP contribution is 2.29. The number of aromatic nitrogens is 1. The predicted molar refractivity (Wildman–Crippen MR) is 109 cm³/mol. The lowest BCUT2D eigenvalue weighted by atomic mass is 10.4. The standard InChI is InChI=1S/C16H20IN3O4S2/c1-2-24-15(21)14-11-18-16(25-14)19-7-9-20(10-8-19)26(22,23)13-5-3-12(17)4-6-13/h3-6,11,15,21H,2,7-10H2,1H3. The summed E-state index contributed by atoms with van der Waals surface area (Å²) in [4.78, 5) is 7.34. The van der Waals surface area contributed by atoms with Crippen molar-refractivity contribution in [3.05, 3.63) is 38.9 Å². The fraction of sp³-hybridized carbons (Fsp3) is 0.438. The molecule has 0 saturated carbocycles. The fourth-order valence-electron chi connectivity index (χ4n) is 2.65. The molecule has 0 amide bonds. The summed E-state index contributed by atoms with van der Waals surface area (Å²) in [6, 6.07) is 6.88. The van der Waals surface area contributed by atoms with Gasteiger partial charge in [-0.3, -0.25) is 0 Å². The van der Waals surface area contributed by atoms with Gasteiger partial charge in [-0.05, 0) is 53.8 Å². The van der Waals surface area contributed by atoms with Crippen LogP contribution >= 0.6 is 33.9 Å². The first kappa shape index (κ1) is 20.0. The van der Waals surface area contributed by atoms with Crippen LogP contribution in [0.4, 0.5) is 5.13 Å². The molecule has 2 aromatic rings. The number of piperazine rings is 1. The van der Waals surface area contributed by atoms with Gasteiger partial charge in [-0.25, -0.2) is 13.4 Å². The van der Waals surface area contributed by atoms with Gasteiger partial charge in [0.25, 0.3) is 0 Å². The van der Waals surface area contributed by atoms with Crippen molar-refractivity contribution >= 4 is 49.1 Å². The quantitative estimate of drug-likeness (QED) is 0.476. The number of ether oxygens (including phenoxy) is 1. The van der Waals surface area contributed by atoms with Crippen LogP contribution in [-0.2, 0) is 14.8 Å². The fourth-order valence-corrected chi connectivity index (χ4v) is 5.34. The molecule has 1 unspecified atom stereocenters. The summed E-state index contributed by atoms with van der Waals surface area (Å²) in [6.45, 7) is 4.15. The van der Waals surface area contributed by atoms with Gasteiger partial charge in [-0.1, -0.05) is 11.3 Å². The van der Waals surface area contributed by atoms with Crippen LogP contribution < -0.4 is 4.90 Å². The molecular weight excluding hydrogens is 489 g/mol. The first-order chi connectivity index (χ1) is 12.4. The zero-order valence-electron chi connectivity index (χ0n) is 14.2. The van der Waals surface area contributed by atoms with Gasteiger partial charge in [-0.15, -0.1) is 0 Å². The van der Waals surface area contributed by atoms with Crippen LogP contribution in [-0.4, -0.2) is 55.6 Å². The molecule has 26 heavy (non-hydrogen) atoms. The summed E-state index contributed by atoms with van der Waals surface area (Å²) in [5, 5.41) is 10.6. The molecule has 1 N–H and O–H groups in total. The zero-order valence-corrected chi connectivity index (χ0v) is 18.0. The van der Waals surface area contributed by atoms with Crippen molar-refractivity contribution in [1.29, 1.82) is 0 Å². The van der Waals surface area contributed by atoms with E-state index < -0.39 is 16.3 Å². The van der Waals surface area contributed by atoms with Gasteiger partial charge in [0, 0.05) is 42.6 Å². The van der Waals surface area contributed by atoms with Crippen LogP contribution in [0.3, 0.4) is 0 Å². The normalized spacial score (nSPS) is 17.4. The number of sulfonamides is 1. The lowest BCUT2D eigenvalue weighted by Crippen LogP contribution is -2.48. The molecule has 1 saturated heterocycles. The Morgan fingerprint density at radius 2 is 1.92 bits per heavy atom. The van der Waals surface area contributed by atoms with Gasteiger partial charge in [-0.2, -0.15) is 4.31 Å². The minimum Gasteiger partial charge on any atom is -0.364 e. The second kappa shape index (κ2) is 8.48. The molecule has 10 heteroatoms. The summed E-state index contributed by atoms with van der Waals surface area (Å²) in [5.41, 5.74) is 0. The monoisotopic (exact) mass is 509 g/mol. The van der Waals surface area contributed by atoms with Gasteiger partial charge in [0.05, 0.1) is 9.77 Å². The summed E-state index contributed by atoms with van der Waals surface area (Å²) in [5.74, 6) is 0. The molecule has 1 fully saturated rings. The summed E-state index contributed by atoms with van der Waals surface area (Å²) < 4.78 is 33.2. The number of benzene rings is 1. The van der Waals surface area contributed by atoms with Crippen molar-refractivity contribution in [2.45, 2.75) is 18.1 Å². The lowest BCUT2D eigenvalue weighted by molar-refractivity contribution is -0.0956. The van der Waals surface area contributed by atoms with E-state index >= 15 is 0 Å². The average molecular weight is 509 g/mol. The molecule has 3 rings (SSSR count). The van der Waals surface area contributed by atoms with Crippen molar-refractivity contribution in [2.75, 3.05) is 37.7 Å². The number of aliphatic hydroxyl groups excluding tert-OH is 1. The molecule has 1 atom stereocenters. The molecular formula is C16H20IN3O4S2. The third-order valence-electron chi connectivity index (χ3n) is 4.04. The van der Waals surface area contributed by atoms with Crippen LogP contribution in [0.1, 0.15) is 18.1 Å². The smallest absolute Gasteiger partial charge is 0.243 e. The van der Waals surface area contributed by atoms with Crippen molar-refractivity contribution in [3.63, 3.8) is 0 Å². The Labute approximate surface area is 170 Å². The number of nitrogens with zero attached hydrogens (tertiary/aromatic N) is 3. The molecule has 1 aliphatic rings. The van der Waals surface area contributed by atoms with Crippen molar-refractivity contribution in [1.82, 2.24) is 9.29 Å². The summed E-state index contributed by atoms with van der Waals surface area (Å²) >= 11 is 3.52. The largest absolute Gasteiger partial charge is 0.364 e. The Morgan fingerprint density at radius 3 is 2.54 bits per heavy atom. The number of rotatable bonds is 6. The van der Waals surface area contributed by atoms with Gasteiger partial charge < -0.3 is 14.7 Å². The summed E-state index contributed by atoms with van der Waals surface area (Å²) in [6.07, 6.45) is 0.642. The SMILES string of the molecule is CCOC(O)c1cnc(N2CCN(S(=O)(=O)c3ccc(I)cc3)CC2)s1. The number of hydrogen-bond acceptors (Lipinski definition) is 7. The van der Waals surface area contributed by atoms with Crippen LogP contribution in [0.5, 0.6) is 0 Å². The first-order valence-corrected chi connectivity index (χ1v) is 11.5. The van der Waals surface area contributed by atoms with Crippen LogP contribution in [0.2, 0.25) is 0 Å². The van der Waals surface area contributed by atoms with Crippen molar-refractivity contribution in [2.24, 2.45) is 0 Å². The second-order valence-corrected chi connectivity index (χ2v) is 9.92. The topological polar surface area (TPSA) is 83.0 Å². The van der Waals surface area contributed by atoms with E-state index in [1.807, 2.05) is 11.8 Å². The van der Waals surface area contributed by atoms with Crippen LogP contribution in [0.15, 0.2) is 35.4 Å². The highest BCUT2D eigenvalue weighted by Gasteiger charge is 2.29. The number of thiazole rings is 1. The lowest BCUT2D eigenvalue weighted by Gasteiger charge is -2.33. The Kier molecular flexibility index (Phi) is 6.51. The minimum absolute atomic E-state index is 0.322. The third kappa shape index (κ3) is 4.37. The van der Waals surface area contributed by atoms with Gasteiger partial charge >= 0.3 is 0 Å². The Bertz CT molecular complexity index is 833. The second-order valence-electron chi connectivity index (χ2n) is 5.70. The number of halogens is 1. The molecule has 0 aliphatic carbocycles. The highest BCUT2D eigenvalue weighted by molar-refractivity contribution is 14.1. The molecule has 0 bridgehead atoms. The molecule has 142 valence electrons. The van der Waals surface area contributed by atoms with E-state index in [9.17, 15) is 13.5 Å². The molecule has 2 heterocycles. The Morgan fingerprint density at radius 1 is 1.27 bits per heavy atom. The van der Waals surface area contributed by atoms with Crippen molar-refractivity contribution < 1.29 is 18.3 Å². The van der Waals surface area contributed by atoms with Gasteiger partial charge in [0.1, 0.15) is 0 Å². The first-order valence-electron chi connectivity index (χ1n) is 8.18. The third-order valence-corrected chi connectivity index (χ3v) is 7.76. The maximum atomic E-state index is 12.7. The van der Waals surface area contributed by atoms with E-state index in [1.165, 1.54) is 15.6 Å². The Hall–Kier alpha value is -0.790. The Balaban J connectivity index is 1.65. The highest BCUT2D eigenvalue weighted by atomic mass is 127. The molecule has 0 radical (unpaired) electrons. The maximum absolute atomic E-state index is 12.7. The number of aliphatic hydroxyl groups is 1. The van der Waals surface area contributed by atoms with Gasteiger partial charge in [0.15, 0.2) is 11.4 Å². The van der Waals surface area contributed by atoms with E-state index in [2.05, 4.69) is 27.6 Å². The van der Waals surface area contributed by atoms with E-state index in [4.69, 9.17) is 4.74 Å². The van der Waals surface area contributed by atoms with Crippen molar-refractivity contribution in [3.8, 4) is 0 Å². The van der Waals surface area contributed by atoms with E-state index in [1.54, 1.807) is 30.5 Å². The minimum atomic E-state index is -3.47. The zero-order chi connectivity index (χ0) is 18.7. The molecule has 1 aromatic heterocycles. The predicted octanol–water partition coefficient (Wildman–Crippen LogP) is 2.29. The van der Waals surface area contributed by atoms with Gasteiger partial charge in [0.2, 0.25) is 10.0 Å². The molecule has 1 aliphatic heterocycles. The number of hydrogen-bond donors (Lipinski definition) is 1. The molecule has 0 spiro atoms. The van der Waals surface area contributed by atoms with E-state index in [-0.39, 0.29) is 0 Å². The van der Waals surface area contributed by atoms with Crippen LogP contribution in [0.25, 0.3) is 0 Å². The van der Waals surface area contributed by atoms with E-state index in [0.29, 0.717) is 42.6 Å². The molecule has 7 nitrogen and oxygen atoms in total. The maximum Gasteiger partial charge on any atom is 0.243 e. The summed E-state index contributed by atoms with van der Waals surface area (Å²) in [7, 11) is -3.47.